The zero-order valence-corrected chi connectivity index (χ0v) is 28.0. The number of likely N-dealkylation sites (N-methyl/N-ethyl adjacent to an activating group) is 2. The van der Waals surface area contributed by atoms with Crippen molar-refractivity contribution in [2.75, 3.05) is 55.6 Å². The van der Waals surface area contributed by atoms with Crippen LogP contribution < -0.4 is 28.4 Å². The molecule has 4 aromatic rings. The minimum absolute atomic E-state index is 0.00174. The molecule has 3 atom stereocenters. The second-order valence-electron chi connectivity index (χ2n) is 13.2. The van der Waals surface area contributed by atoms with Crippen molar-refractivity contribution in [2.45, 2.75) is 43.2 Å². The summed E-state index contributed by atoms with van der Waals surface area (Å²) in [5, 5.41) is 0. The predicted octanol–water partition coefficient (Wildman–Crippen LogP) is 7.26. The van der Waals surface area contributed by atoms with E-state index < -0.39 is 0 Å². The fraction of sp³-hybridized carbons (Fsp3) is 0.385. The third-order valence-electron chi connectivity index (χ3n) is 10.9. The van der Waals surface area contributed by atoms with E-state index in [0.29, 0.717) is 40.4 Å². The van der Waals surface area contributed by atoms with Gasteiger partial charge in [-0.25, -0.2) is 0 Å². The summed E-state index contributed by atoms with van der Waals surface area (Å²) in [6, 6.07) is 21.3. The first-order valence-electron chi connectivity index (χ1n) is 16.4. The molecule has 4 heterocycles. The third-order valence-corrected chi connectivity index (χ3v) is 10.9. The van der Waals surface area contributed by atoms with Crippen LogP contribution in [0.5, 0.6) is 46.0 Å². The number of hydrogen-bond acceptors (Lipinski definition) is 8. The van der Waals surface area contributed by atoms with E-state index in [4.69, 9.17) is 28.4 Å². The van der Waals surface area contributed by atoms with Crippen molar-refractivity contribution in [3.05, 3.63) is 94.0 Å². The van der Waals surface area contributed by atoms with Crippen molar-refractivity contribution < 1.29 is 28.4 Å². The number of benzene rings is 4. The monoisotopic (exact) mass is 634 g/mol. The molecule has 0 aromatic heterocycles. The number of hydrogen-bond donors (Lipinski definition) is 0. The zero-order valence-electron chi connectivity index (χ0n) is 28.0. The average Bonchev–Trinajstić information content (AvgIpc) is 3.84. The molecule has 1 fully saturated rings. The van der Waals surface area contributed by atoms with Crippen molar-refractivity contribution >= 4 is 0 Å². The molecule has 1 saturated carbocycles. The van der Waals surface area contributed by atoms with Crippen LogP contribution in [0.3, 0.4) is 0 Å². The topological polar surface area (TPSA) is 61.9 Å². The highest BCUT2D eigenvalue weighted by Crippen LogP contribution is 2.65. The van der Waals surface area contributed by atoms with Gasteiger partial charge in [-0.3, -0.25) is 9.80 Å². The summed E-state index contributed by atoms with van der Waals surface area (Å²) in [6.07, 6.45) is 3.57. The molecule has 4 aliphatic heterocycles. The molecule has 4 aromatic carbocycles. The molecule has 6 bridgehead atoms. The first-order valence-corrected chi connectivity index (χ1v) is 16.4. The summed E-state index contributed by atoms with van der Waals surface area (Å²) in [7, 11) is 11.2. The summed E-state index contributed by atoms with van der Waals surface area (Å²) in [6.45, 7) is 1.88. The second kappa shape index (κ2) is 11.4. The van der Waals surface area contributed by atoms with E-state index in [1.54, 1.807) is 28.4 Å². The van der Waals surface area contributed by atoms with E-state index in [1.807, 2.05) is 6.07 Å². The van der Waals surface area contributed by atoms with Crippen LogP contribution in [0, 0.1) is 0 Å². The molecule has 244 valence electrons. The van der Waals surface area contributed by atoms with Crippen LogP contribution in [-0.4, -0.2) is 65.4 Å². The molecular formula is C39H42N2O6. The van der Waals surface area contributed by atoms with E-state index in [2.05, 4.69) is 78.5 Å². The van der Waals surface area contributed by atoms with Crippen LogP contribution in [0.4, 0.5) is 0 Å². The van der Waals surface area contributed by atoms with E-state index in [9.17, 15) is 0 Å². The van der Waals surface area contributed by atoms with Gasteiger partial charge >= 0.3 is 0 Å². The van der Waals surface area contributed by atoms with E-state index >= 15 is 0 Å². The Hall–Kier alpha value is -4.40. The molecule has 47 heavy (non-hydrogen) atoms. The lowest BCUT2D eigenvalue weighted by molar-refractivity contribution is 0.200. The molecule has 1 aliphatic carbocycles. The molecule has 9 rings (SSSR count). The smallest absolute Gasteiger partial charge is 0.204 e. The average molecular weight is 635 g/mol. The van der Waals surface area contributed by atoms with Gasteiger partial charge in [0.1, 0.15) is 5.75 Å². The van der Waals surface area contributed by atoms with Crippen LogP contribution >= 0.6 is 0 Å². The maximum atomic E-state index is 7.09. The number of nitrogens with zero attached hydrogens (tertiary/aromatic N) is 2. The summed E-state index contributed by atoms with van der Waals surface area (Å²) < 4.78 is 37.3. The molecule has 5 aliphatic rings. The Morgan fingerprint density at radius 1 is 0.723 bits per heavy atom. The lowest BCUT2D eigenvalue weighted by Crippen LogP contribution is -2.39. The molecule has 0 radical (unpaired) electrons. The van der Waals surface area contributed by atoms with Gasteiger partial charge in [0.25, 0.3) is 0 Å². The van der Waals surface area contributed by atoms with Crippen LogP contribution in [0.15, 0.2) is 60.7 Å². The van der Waals surface area contributed by atoms with Gasteiger partial charge < -0.3 is 28.4 Å². The van der Waals surface area contributed by atoms with Crippen molar-refractivity contribution in [2.24, 2.45) is 0 Å². The van der Waals surface area contributed by atoms with Crippen LogP contribution in [0.25, 0.3) is 0 Å². The summed E-state index contributed by atoms with van der Waals surface area (Å²) in [5.41, 5.74) is 7.21. The number of ether oxygens (including phenoxy) is 6. The van der Waals surface area contributed by atoms with Crippen molar-refractivity contribution in [1.82, 2.24) is 9.80 Å². The van der Waals surface area contributed by atoms with Gasteiger partial charge in [-0.05, 0) is 110 Å². The van der Waals surface area contributed by atoms with Gasteiger partial charge in [0.05, 0.1) is 34.0 Å². The molecule has 8 nitrogen and oxygen atoms in total. The molecular weight excluding hydrogens is 592 g/mol. The maximum Gasteiger partial charge on any atom is 0.204 e. The Balaban J connectivity index is 1.38. The molecule has 0 N–H and O–H groups in total. The maximum absolute atomic E-state index is 7.09. The Kier molecular flexibility index (Phi) is 7.26. The molecule has 2 unspecified atom stereocenters. The van der Waals surface area contributed by atoms with Gasteiger partial charge in [0.2, 0.25) is 5.75 Å². The first-order chi connectivity index (χ1) is 22.9. The van der Waals surface area contributed by atoms with Crippen LogP contribution in [0.2, 0.25) is 0 Å². The molecule has 1 spiro atoms. The quantitative estimate of drug-likeness (QED) is 0.233. The second-order valence-corrected chi connectivity index (χ2v) is 13.2. The summed E-state index contributed by atoms with van der Waals surface area (Å²) in [5.74, 6) is 5.83. The van der Waals surface area contributed by atoms with Gasteiger partial charge in [0.15, 0.2) is 34.5 Å². The highest BCUT2D eigenvalue weighted by atomic mass is 16.5. The standard InChI is InChI=1S/C39H42N2O6/c1-40-15-13-26-20-35(44-5)37(45-6)38-36(26)30(40)17-23-7-12-31(42-3)33(18-23)46-27-10-8-24(9-11-27)29-22-39(29)28-21-34(47-38)32(43-4)19-25(28)14-16-41(39)2/h7-12,18-21,29-30H,13-17,22H2,1-6H3/t29?,30-,39?/m0/s1. The number of fused-ring (bicyclic) bond motifs is 2. The third kappa shape index (κ3) is 4.72. The normalized spacial score (nSPS) is 22.9. The minimum Gasteiger partial charge on any atom is -0.493 e. The highest BCUT2D eigenvalue weighted by molar-refractivity contribution is 5.64. The van der Waals surface area contributed by atoms with E-state index in [1.165, 1.54) is 22.3 Å². The molecule has 8 heteroatoms. The van der Waals surface area contributed by atoms with Crippen molar-refractivity contribution in [1.29, 1.82) is 0 Å². The SMILES string of the molecule is COc1ccc2cc1Oc1ccc(cc1)C1CC13c1cc(c(OC)cc1CCN3C)Oc1c(OC)c(OC)cc3c1[C@H](C2)N(C)CC3. The van der Waals surface area contributed by atoms with Crippen molar-refractivity contribution in [3.8, 4) is 46.0 Å². The fourth-order valence-corrected chi connectivity index (χ4v) is 8.30. The van der Waals surface area contributed by atoms with E-state index in [-0.39, 0.29) is 11.6 Å². The lowest BCUT2D eigenvalue weighted by atomic mass is 9.87. The Morgan fingerprint density at radius 2 is 1.45 bits per heavy atom. The van der Waals surface area contributed by atoms with Gasteiger partial charge in [-0.2, -0.15) is 0 Å². The lowest BCUT2D eigenvalue weighted by Gasteiger charge is -2.38. The Morgan fingerprint density at radius 3 is 2.19 bits per heavy atom. The molecule has 0 amide bonds. The Bertz CT molecular complexity index is 1860. The van der Waals surface area contributed by atoms with Gasteiger partial charge in [0, 0.05) is 30.6 Å². The largest absolute Gasteiger partial charge is 0.493 e. The van der Waals surface area contributed by atoms with E-state index in [0.717, 1.165) is 61.4 Å². The minimum atomic E-state index is -0.121. The summed E-state index contributed by atoms with van der Waals surface area (Å²) >= 11 is 0. The fourth-order valence-electron chi connectivity index (χ4n) is 8.30. The van der Waals surface area contributed by atoms with Gasteiger partial charge in [-0.15, -0.1) is 0 Å². The Labute approximate surface area is 276 Å². The zero-order chi connectivity index (χ0) is 32.4. The molecule has 0 saturated heterocycles. The highest BCUT2D eigenvalue weighted by Gasteiger charge is 2.60. The summed E-state index contributed by atoms with van der Waals surface area (Å²) in [4.78, 5) is 4.92. The number of rotatable bonds is 4. The van der Waals surface area contributed by atoms with Crippen LogP contribution in [0.1, 0.15) is 51.8 Å². The predicted molar refractivity (Wildman–Crippen MR) is 180 cm³/mol. The first kappa shape index (κ1) is 30.0. The number of methoxy groups -OCH3 is 4. The van der Waals surface area contributed by atoms with Crippen LogP contribution in [-0.2, 0) is 24.8 Å². The van der Waals surface area contributed by atoms with Crippen molar-refractivity contribution in [3.63, 3.8) is 0 Å². The van der Waals surface area contributed by atoms with Gasteiger partial charge in [-0.1, -0.05) is 18.2 Å².